The summed E-state index contributed by atoms with van der Waals surface area (Å²) >= 11 is 0. The van der Waals surface area contributed by atoms with Crippen molar-refractivity contribution in [2.45, 2.75) is 19.3 Å². The monoisotopic (exact) mass is 275 g/mol. The van der Waals surface area contributed by atoms with Gasteiger partial charge in [-0.2, -0.15) is 0 Å². The highest BCUT2D eigenvalue weighted by Crippen LogP contribution is 1.98. The zero-order chi connectivity index (χ0) is 12.1. The van der Waals surface area contributed by atoms with Crippen molar-refractivity contribution in [3.8, 4) is 0 Å². The van der Waals surface area contributed by atoms with Crippen LogP contribution in [0.4, 0.5) is 0 Å². The SMILES string of the molecule is Cl.OCCCON(OCCCO)OCCCO. The lowest BCUT2D eigenvalue weighted by Crippen LogP contribution is -2.27. The fraction of sp³-hybridized carbons (Fsp3) is 1.00. The molecule has 0 aromatic heterocycles. The molecule has 0 saturated heterocycles. The Morgan fingerprint density at radius 1 is 0.647 bits per heavy atom. The molecule has 7 nitrogen and oxygen atoms in total. The Morgan fingerprint density at radius 2 is 0.941 bits per heavy atom. The molecular weight excluding hydrogens is 254 g/mol. The van der Waals surface area contributed by atoms with Crippen LogP contribution in [0.2, 0.25) is 0 Å². The lowest BCUT2D eigenvalue weighted by atomic mass is 10.5. The van der Waals surface area contributed by atoms with Crippen LogP contribution in [0.25, 0.3) is 0 Å². The van der Waals surface area contributed by atoms with Crippen molar-refractivity contribution >= 4 is 12.4 Å². The molecule has 0 radical (unpaired) electrons. The summed E-state index contributed by atoms with van der Waals surface area (Å²) < 4.78 is 0. The standard InChI is InChI=1S/C9H21NO6.ClH/c11-4-1-7-14-10(15-8-2-5-12)16-9-3-6-13;/h11-13H,1-9H2;1H. The Kier molecular flexibility index (Phi) is 18.2. The van der Waals surface area contributed by atoms with E-state index in [1.165, 1.54) is 0 Å². The van der Waals surface area contributed by atoms with Crippen LogP contribution in [0, 0.1) is 0 Å². The van der Waals surface area contributed by atoms with E-state index in [-0.39, 0.29) is 52.0 Å². The highest BCUT2D eigenvalue weighted by atomic mass is 35.5. The van der Waals surface area contributed by atoms with E-state index in [0.717, 1.165) is 5.39 Å². The number of aliphatic hydroxyl groups excluding tert-OH is 3. The quantitative estimate of drug-likeness (QED) is 0.331. The van der Waals surface area contributed by atoms with Crippen LogP contribution in [0.1, 0.15) is 19.3 Å². The molecule has 17 heavy (non-hydrogen) atoms. The van der Waals surface area contributed by atoms with Crippen LogP contribution < -0.4 is 0 Å². The van der Waals surface area contributed by atoms with Crippen LogP contribution in [0.15, 0.2) is 0 Å². The minimum Gasteiger partial charge on any atom is -0.396 e. The predicted octanol–water partition coefficient (Wildman–Crippen LogP) is -0.348. The predicted molar refractivity (Wildman–Crippen MR) is 62.1 cm³/mol. The molecule has 0 aliphatic rings. The second-order valence-electron chi connectivity index (χ2n) is 2.95. The molecule has 0 spiro atoms. The van der Waals surface area contributed by atoms with Crippen LogP contribution in [-0.2, 0) is 14.5 Å². The zero-order valence-corrected chi connectivity index (χ0v) is 10.6. The largest absolute Gasteiger partial charge is 0.396 e. The summed E-state index contributed by atoms with van der Waals surface area (Å²) in [6, 6.07) is 0. The Labute approximate surface area is 107 Å². The molecule has 0 saturated carbocycles. The van der Waals surface area contributed by atoms with Gasteiger partial charge in [-0.15, -0.1) is 12.4 Å². The second kappa shape index (κ2) is 16.0. The first-order valence-electron chi connectivity index (χ1n) is 5.36. The van der Waals surface area contributed by atoms with E-state index in [9.17, 15) is 0 Å². The van der Waals surface area contributed by atoms with Crippen molar-refractivity contribution < 1.29 is 29.8 Å². The van der Waals surface area contributed by atoms with Crippen molar-refractivity contribution in [3.05, 3.63) is 0 Å². The molecule has 0 heterocycles. The highest BCUT2D eigenvalue weighted by molar-refractivity contribution is 5.85. The number of hydrogen-bond acceptors (Lipinski definition) is 7. The molecule has 0 fully saturated rings. The van der Waals surface area contributed by atoms with Crippen LogP contribution in [-0.4, -0.2) is 60.4 Å². The van der Waals surface area contributed by atoms with E-state index in [4.69, 9.17) is 29.8 Å². The molecule has 0 atom stereocenters. The molecule has 0 amide bonds. The first-order chi connectivity index (χ1) is 7.85. The molecule has 3 N–H and O–H groups in total. The van der Waals surface area contributed by atoms with Crippen LogP contribution in [0.5, 0.6) is 0 Å². The van der Waals surface area contributed by atoms with Crippen molar-refractivity contribution in [2.75, 3.05) is 39.6 Å². The fourth-order valence-electron chi connectivity index (χ4n) is 0.723. The maximum atomic E-state index is 8.56. The number of halogens is 1. The topological polar surface area (TPSA) is 91.6 Å². The van der Waals surface area contributed by atoms with E-state index in [1.54, 1.807) is 0 Å². The van der Waals surface area contributed by atoms with Gasteiger partial charge in [-0.3, -0.25) is 14.5 Å². The average molecular weight is 276 g/mol. The fourth-order valence-corrected chi connectivity index (χ4v) is 0.723. The molecule has 0 aromatic rings. The molecule has 106 valence electrons. The minimum atomic E-state index is 0. The van der Waals surface area contributed by atoms with Gasteiger partial charge in [0.1, 0.15) is 0 Å². The van der Waals surface area contributed by atoms with Gasteiger partial charge in [0.05, 0.1) is 25.2 Å². The maximum Gasteiger partial charge on any atom is 0.0766 e. The first kappa shape index (κ1) is 19.4. The molecule has 0 bridgehead atoms. The van der Waals surface area contributed by atoms with Crippen molar-refractivity contribution in [3.63, 3.8) is 0 Å². The second-order valence-corrected chi connectivity index (χ2v) is 2.95. The van der Waals surface area contributed by atoms with E-state index in [2.05, 4.69) is 0 Å². The number of nitrogens with zero attached hydrogens (tertiary/aromatic N) is 1. The zero-order valence-electron chi connectivity index (χ0n) is 9.79. The minimum absolute atomic E-state index is 0. The smallest absolute Gasteiger partial charge is 0.0766 e. The van der Waals surface area contributed by atoms with Gasteiger partial charge in [0.25, 0.3) is 0 Å². The molecule has 8 heteroatoms. The summed E-state index contributed by atoms with van der Waals surface area (Å²) in [5.41, 5.74) is 0. The number of hydrogen-bond donors (Lipinski definition) is 3. The Morgan fingerprint density at radius 3 is 1.18 bits per heavy atom. The lowest BCUT2D eigenvalue weighted by Gasteiger charge is -2.19. The van der Waals surface area contributed by atoms with Crippen molar-refractivity contribution in [2.24, 2.45) is 0 Å². The summed E-state index contributed by atoms with van der Waals surface area (Å²) in [5.74, 6) is 0. The van der Waals surface area contributed by atoms with E-state index in [0.29, 0.717) is 19.3 Å². The number of aliphatic hydroxyl groups is 3. The Hall–Kier alpha value is 0.01000. The van der Waals surface area contributed by atoms with Crippen LogP contribution >= 0.6 is 12.4 Å². The molecule has 0 rings (SSSR count). The van der Waals surface area contributed by atoms with Gasteiger partial charge in [0.15, 0.2) is 0 Å². The highest BCUT2D eigenvalue weighted by Gasteiger charge is 2.06. The van der Waals surface area contributed by atoms with Gasteiger partial charge >= 0.3 is 0 Å². The van der Waals surface area contributed by atoms with Gasteiger partial charge in [-0.05, 0) is 19.3 Å². The molecule has 0 aliphatic carbocycles. The average Bonchev–Trinajstić information content (AvgIpc) is 2.29. The van der Waals surface area contributed by atoms with Gasteiger partial charge in [-0.25, -0.2) is 0 Å². The van der Waals surface area contributed by atoms with E-state index in [1.807, 2.05) is 0 Å². The number of rotatable bonds is 12. The summed E-state index contributed by atoms with van der Waals surface area (Å²) in [7, 11) is 0. The summed E-state index contributed by atoms with van der Waals surface area (Å²) in [5, 5.41) is 26.5. The normalized spacial score (nSPS) is 10.6. The van der Waals surface area contributed by atoms with Gasteiger partial charge in [-0.1, -0.05) is 0 Å². The molecular formula is C9H22ClNO6. The third kappa shape index (κ3) is 13.9. The van der Waals surface area contributed by atoms with E-state index >= 15 is 0 Å². The third-order valence-electron chi connectivity index (χ3n) is 1.50. The van der Waals surface area contributed by atoms with Gasteiger partial charge in [0.2, 0.25) is 0 Å². The molecule has 0 aromatic carbocycles. The lowest BCUT2D eigenvalue weighted by molar-refractivity contribution is -0.526. The summed E-state index contributed by atoms with van der Waals surface area (Å²) in [6.07, 6.45) is 1.43. The Bertz CT molecular complexity index is 119. The Balaban J connectivity index is 0. The molecule has 0 aliphatic heterocycles. The third-order valence-corrected chi connectivity index (χ3v) is 1.50. The summed E-state index contributed by atoms with van der Waals surface area (Å²) in [6.45, 7) is 0.904. The van der Waals surface area contributed by atoms with Crippen LogP contribution in [0.3, 0.4) is 0 Å². The molecule has 0 unspecified atom stereocenters. The summed E-state index contributed by atoms with van der Waals surface area (Å²) in [4.78, 5) is 15.1. The van der Waals surface area contributed by atoms with Gasteiger partial charge < -0.3 is 15.3 Å². The van der Waals surface area contributed by atoms with Gasteiger partial charge in [0, 0.05) is 19.8 Å². The van der Waals surface area contributed by atoms with Crippen molar-refractivity contribution in [1.82, 2.24) is 5.39 Å². The maximum absolute atomic E-state index is 8.56. The van der Waals surface area contributed by atoms with E-state index < -0.39 is 0 Å². The first-order valence-corrected chi connectivity index (χ1v) is 5.36. The van der Waals surface area contributed by atoms with Crippen molar-refractivity contribution in [1.29, 1.82) is 0 Å².